The Morgan fingerprint density at radius 3 is 2.52 bits per heavy atom. The van der Waals surface area contributed by atoms with Gasteiger partial charge in [0.2, 0.25) is 5.91 Å². The molecular formula is C17H19NO3. The topological polar surface area (TPSA) is 42.7 Å². The highest BCUT2D eigenvalue weighted by molar-refractivity contribution is 5.77. The minimum absolute atomic E-state index is 0.0310. The quantitative estimate of drug-likeness (QED) is 0.867. The number of carbonyl (C=O) groups excluding carboxylic acids is 1. The van der Waals surface area contributed by atoms with Crippen LogP contribution in [0.1, 0.15) is 23.7 Å². The Morgan fingerprint density at radius 1 is 1.10 bits per heavy atom. The van der Waals surface area contributed by atoms with Crippen molar-refractivity contribution in [3.05, 3.63) is 60.1 Å². The predicted molar refractivity (Wildman–Crippen MR) is 79.0 cm³/mol. The van der Waals surface area contributed by atoms with Gasteiger partial charge >= 0.3 is 0 Å². The van der Waals surface area contributed by atoms with E-state index in [4.69, 9.17) is 9.15 Å². The van der Waals surface area contributed by atoms with Crippen molar-refractivity contribution in [3.8, 4) is 0 Å². The number of amides is 1. The Bertz CT molecular complexity index is 559. The van der Waals surface area contributed by atoms with Crippen molar-refractivity contribution in [1.82, 2.24) is 4.90 Å². The van der Waals surface area contributed by atoms with Gasteiger partial charge in [0.25, 0.3) is 0 Å². The maximum absolute atomic E-state index is 12.5. The lowest BCUT2D eigenvalue weighted by atomic mass is 9.92. The van der Waals surface area contributed by atoms with Gasteiger partial charge < -0.3 is 14.1 Å². The van der Waals surface area contributed by atoms with E-state index in [0.717, 1.165) is 11.3 Å². The van der Waals surface area contributed by atoms with E-state index in [2.05, 4.69) is 0 Å². The molecule has 1 aliphatic heterocycles. The van der Waals surface area contributed by atoms with E-state index in [0.29, 0.717) is 32.7 Å². The second-order valence-electron chi connectivity index (χ2n) is 5.18. The predicted octanol–water partition coefficient (Wildman–Crippen LogP) is 2.66. The van der Waals surface area contributed by atoms with Gasteiger partial charge in [0.1, 0.15) is 5.76 Å². The Hall–Kier alpha value is -2.07. The highest BCUT2D eigenvalue weighted by atomic mass is 16.5. The molecule has 0 spiro atoms. The fourth-order valence-electron chi connectivity index (χ4n) is 2.67. The van der Waals surface area contributed by atoms with Crippen molar-refractivity contribution in [2.45, 2.75) is 12.3 Å². The van der Waals surface area contributed by atoms with Crippen molar-refractivity contribution in [1.29, 1.82) is 0 Å². The van der Waals surface area contributed by atoms with Gasteiger partial charge in [0.15, 0.2) is 0 Å². The molecule has 2 heterocycles. The van der Waals surface area contributed by atoms with Crippen molar-refractivity contribution in [3.63, 3.8) is 0 Å². The standard InChI is InChI=1S/C17H19NO3/c19-17(18-8-11-20-12-9-18)13-15(16-7-4-10-21-16)14-5-2-1-3-6-14/h1-7,10,15H,8-9,11-13H2/t15-/m0/s1. The molecule has 1 aliphatic rings. The second kappa shape index (κ2) is 6.59. The summed E-state index contributed by atoms with van der Waals surface area (Å²) in [5, 5.41) is 0. The first-order valence-corrected chi connectivity index (χ1v) is 7.28. The van der Waals surface area contributed by atoms with Gasteiger partial charge in [-0.05, 0) is 17.7 Å². The largest absolute Gasteiger partial charge is 0.469 e. The molecule has 4 heteroatoms. The monoisotopic (exact) mass is 285 g/mol. The van der Waals surface area contributed by atoms with E-state index >= 15 is 0 Å². The molecule has 0 unspecified atom stereocenters. The average Bonchev–Trinajstić information content (AvgIpc) is 3.08. The van der Waals surface area contributed by atoms with Gasteiger partial charge in [-0.1, -0.05) is 30.3 Å². The fourth-order valence-corrected chi connectivity index (χ4v) is 2.67. The third-order valence-corrected chi connectivity index (χ3v) is 3.83. The van der Waals surface area contributed by atoms with Crippen LogP contribution in [0, 0.1) is 0 Å². The number of carbonyl (C=O) groups is 1. The SMILES string of the molecule is O=C(C[C@@H](c1ccccc1)c1ccco1)N1CCOCC1. The molecule has 1 atom stereocenters. The van der Waals surface area contributed by atoms with Crippen LogP contribution in [0.3, 0.4) is 0 Å². The number of benzene rings is 1. The summed E-state index contributed by atoms with van der Waals surface area (Å²) in [6.07, 6.45) is 2.09. The zero-order valence-electron chi connectivity index (χ0n) is 11.9. The van der Waals surface area contributed by atoms with Gasteiger partial charge in [0, 0.05) is 19.5 Å². The summed E-state index contributed by atoms with van der Waals surface area (Å²) in [4.78, 5) is 14.4. The summed E-state index contributed by atoms with van der Waals surface area (Å²) in [6, 6.07) is 13.8. The van der Waals surface area contributed by atoms with E-state index in [9.17, 15) is 4.79 Å². The fraction of sp³-hybridized carbons (Fsp3) is 0.353. The van der Waals surface area contributed by atoms with Gasteiger partial charge in [-0.15, -0.1) is 0 Å². The number of ether oxygens (including phenoxy) is 1. The number of hydrogen-bond donors (Lipinski definition) is 0. The lowest BCUT2D eigenvalue weighted by Crippen LogP contribution is -2.41. The van der Waals surface area contributed by atoms with Crippen LogP contribution >= 0.6 is 0 Å². The zero-order chi connectivity index (χ0) is 14.5. The molecule has 1 aromatic heterocycles. The number of morpholine rings is 1. The first-order chi connectivity index (χ1) is 10.3. The normalized spacial score (nSPS) is 16.7. The Kier molecular flexibility index (Phi) is 4.36. The Balaban J connectivity index is 1.78. The van der Waals surface area contributed by atoms with Crippen LogP contribution in [0.25, 0.3) is 0 Å². The molecular weight excluding hydrogens is 266 g/mol. The van der Waals surface area contributed by atoms with Crippen LogP contribution in [-0.4, -0.2) is 37.1 Å². The molecule has 21 heavy (non-hydrogen) atoms. The maximum Gasteiger partial charge on any atom is 0.223 e. The van der Waals surface area contributed by atoms with Crippen LogP contribution in [0.4, 0.5) is 0 Å². The van der Waals surface area contributed by atoms with Crippen LogP contribution in [0.2, 0.25) is 0 Å². The van der Waals surface area contributed by atoms with Crippen LogP contribution < -0.4 is 0 Å². The third-order valence-electron chi connectivity index (χ3n) is 3.83. The molecule has 0 saturated carbocycles. The smallest absolute Gasteiger partial charge is 0.223 e. The Labute approximate surface area is 124 Å². The number of hydrogen-bond acceptors (Lipinski definition) is 3. The van der Waals surface area contributed by atoms with E-state index in [1.807, 2.05) is 47.4 Å². The average molecular weight is 285 g/mol. The lowest BCUT2D eigenvalue weighted by Gasteiger charge is -2.28. The summed E-state index contributed by atoms with van der Waals surface area (Å²) in [5.74, 6) is 0.961. The van der Waals surface area contributed by atoms with Gasteiger partial charge in [0.05, 0.1) is 25.4 Å². The zero-order valence-corrected chi connectivity index (χ0v) is 11.9. The van der Waals surface area contributed by atoms with Crippen LogP contribution in [-0.2, 0) is 9.53 Å². The molecule has 0 aliphatic carbocycles. The number of nitrogens with zero attached hydrogens (tertiary/aromatic N) is 1. The van der Waals surface area contributed by atoms with E-state index in [1.165, 1.54) is 0 Å². The molecule has 110 valence electrons. The molecule has 1 saturated heterocycles. The van der Waals surface area contributed by atoms with Gasteiger partial charge in [-0.25, -0.2) is 0 Å². The van der Waals surface area contributed by atoms with Crippen LogP contribution in [0.15, 0.2) is 53.1 Å². The van der Waals surface area contributed by atoms with Crippen molar-refractivity contribution >= 4 is 5.91 Å². The van der Waals surface area contributed by atoms with E-state index < -0.39 is 0 Å². The second-order valence-corrected chi connectivity index (χ2v) is 5.18. The summed E-state index contributed by atoms with van der Waals surface area (Å²) in [6.45, 7) is 2.61. The third kappa shape index (κ3) is 3.34. The maximum atomic E-state index is 12.5. The van der Waals surface area contributed by atoms with Gasteiger partial charge in [-0.3, -0.25) is 4.79 Å². The molecule has 1 fully saturated rings. The summed E-state index contributed by atoms with van der Waals surface area (Å²) in [5.41, 5.74) is 1.11. The lowest BCUT2D eigenvalue weighted by molar-refractivity contribution is -0.135. The summed E-state index contributed by atoms with van der Waals surface area (Å²) in [7, 11) is 0. The van der Waals surface area contributed by atoms with Crippen molar-refractivity contribution in [2.24, 2.45) is 0 Å². The van der Waals surface area contributed by atoms with Crippen molar-refractivity contribution < 1.29 is 13.9 Å². The highest BCUT2D eigenvalue weighted by Crippen LogP contribution is 2.29. The number of rotatable bonds is 4. The molecule has 1 aromatic carbocycles. The Morgan fingerprint density at radius 2 is 1.86 bits per heavy atom. The molecule has 2 aromatic rings. The molecule has 0 N–H and O–H groups in total. The van der Waals surface area contributed by atoms with E-state index in [-0.39, 0.29) is 11.8 Å². The van der Waals surface area contributed by atoms with Gasteiger partial charge in [-0.2, -0.15) is 0 Å². The number of furan rings is 1. The molecule has 1 amide bonds. The minimum atomic E-state index is -0.0310. The first-order valence-electron chi connectivity index (χ1n) is 7.28. The molecule has 0 bridgehead atoms. The van der Waals surface area contributed by atoms with Crippen LogP contribution in [0.5, 0.6) is 0 Å². The molecule has 4 nitrogen and oxygen atoms in total. The first kappa shape index (κ1) is 13.9. The summed E-state index contributed by atoms with van der Waals surface area (Å²) < 4.78 is 10.8. The molecule has 0 radical (unpaired) electrons. The summed E-state index contributed by atoms with van der Waals surface area (Å²) >= 11 is 0. The highest BCUT2D eigenvalue weighted by Gasteiger charge is 2.24. The van der Waals surface area contributed by atoms with E-state index in [1.54, 1.807) is 6.26 Å². The molecule has 3 rings (SSSR count). The van der Waals surface area contributed by atoms with Crippen molar-refractivity contribution in [2.75, 3.05) is 26.3 Å². The minimum Gasteiger partial charge on any atom is -0.469 e.